The number of carboxylic acid groups (broad SMARTS) is 1. The van der Waals surface area contributed by atoms with Crippen molar-refractivity contribution in [2.75, 3.05) is 7.11 Å². The smallest absolute Gasteiger partial charge is 0.354 e. The van der Waals surface area contributed by atoms with Crippen LogP contribution in [0.2, 0.25) is 0 Å². The fourth-order valence-electron chi connectivity index (χ4n) is 1.83. The summed E-state index contributed by atoms with van der Waals surface area (Å²) >= 11 is 0. The van der Waals surface area contributed by atoms with E-state index in [0.717, 1.165) is 0 Å². The van der Waals surface area contributed by atoms with Gasteiger partial charge in [0, 0.05) is 6.20 Å². The standard InChI is InChI=1S/C12H14N2O3/c1-7(2)9-10(12(15)16)14-6-4-5-8(17-3)11(14)13-9/h4-7H,1-3H3,(H,15,16). The summed E-state index contributed by atoms with van der Waals surface area (Å²) in [6.07, 6.45) is 1.68. The molecular weight excluding hydrogens is 220 g/mol. The van der Waals surface area contributed by atoms with Crippen molar-refractivity contribution in [1.82, 2.24) is 9.38 Å². The molecule has 2 rings (SSSR count). The molecule has 0 radical (unpaired) electrons. The number of ether oxygens (including phenoxy) is 1. The van der Waals surface area contributed by atoms with Crippen molar-refractivity contribution in [2.45, 2.75) is 19.8 Å². The zero-order valence-electron chi connectivity index (χ0n) is 9.97. The highest BCUT2D eigenvalue weighted by Gasteiger charge is 2.22. The second kappa shape index (κ2) is 4.08. The van der Waals surface area contributed by atoms with Crippen LogP contribution < -0.4 is 4.74 Å². The van der Waals surface area contributed by atoms with Gasteiger partial charge in [-0.25, -0.2) is 9.78 Å². The minimum Gasteiger partial charge on any atom is -0.493 e. The molecule has 0 atom stereocenters. The van der Waals surface area contributed by atoms with Crippen molar-refractivity contribution in [1.29, 1.82) is 0 Å². The molecule has 0 bridgehead atoms. The van der Waals surface area contributed by atoms with Gasteiger partial charge in [0.05, 0.1) is 12.8 Å². The third-order valence-corrected chi connectivity index (χ3v) is 2.61. The van der Waals surface area contributed by atoms with E-state index in [9.17, 15) is 9.90 Å². The van der Waals surface area contributed by atoms with E-state index in [1.807, 2.05) is 13.8 Å². The molecule has 0 amide bonds. The molecule has 5 heteroatoms. The number of aromatic nitrogens is 2. The molecule has 2 aromatic rings. The van der Waals surface area contributed by atoms with Crippen molar-refractivity contribution in [3.8, 4) is 5.75 Å². The van der Waals surface area contributed by atoms with E-state index in [4.69, 9.17) is 4.74 Å². The molecule has 0 aromatic carbocycles. The predicted molar refractivity (Wildman–Crippen MR) is 62.8 cm³/mol. The molecular formula is C12H14N2O3. The number of fused-ring (bicyclic) bond motifs is 1. The molecule has 0 aliphatic heterocycles. The maximum atomic E-state index is 11.3. The maximum absolute atomic E-state index is 11.3. The Balaban J connectivity index is 2.83. The highest BCUT2D eigenvalue weighted by Crippen LogP contribution is 2.25. The Labute approximate surface area is 98.7 Å². The lowest BCUT2D eigenvalue weighted by Gasteiger charge is -2.03. The normalized spacial score (nSPS) is 11.1. The zero-order chi connectivity index (χ0) is 12.6. The number of imidazole rings is 1. The highest BCUT2D eigenvalue weighted by atomic mass is 16.5. The summed E-state index contributed by atoms with van der Waals surface area (Å²) in [6.45, 7) is 3.83. The quantitative estimate of drug-likeness (QED) is 0.883. The van der Waals surface area contributed by atoms with Crippen molar-refractivity contribution >= 4 is 11.6 Å². The Morgan fingerprint density at radius 1 is 1.53 bits per heavy atom. The Morgan fingerprint density at radius 3 is 2.76 bits per heavy atom. The molecule has 2 heterocycles. The van der Waals surface area contributed by atoms with Crippen molar-refractivity contribution in [2.24, 2.45) is 0 Å². The lowest BCUT2D eigenvalue weighted by atomic mass is 10.1. The molecule has 0 saturated carbocycles. The van der Waals surface area contributed by atoms with Gasteiger partial charge in [-0.05, 0) is 18.1 Å². The number of hydrogen-bond donors (Lipinski definition) is 1. The molecule has 0 aliphatic rings. The van der Waals surface area contributed by atoms with Gasteiger partial charge in [-0.1, -0.05) is 13.8 Å². The molecule has 0 saturated heterocycles. The van der Waals surface area contributed by atoms with Gasteiger partial charge < -0.3 is 9.84 Å². The van der Waals surface area contributed by atoms with Crippen LogP contribution in [0.15, 0.2) is 18.3 Å². The molecule has 5 nitrogen and oxygen atoms in total. The number of carboxylic acids is 1. The van der Waals surface area contributed by atoms with E-state index < -0.39 is 5.97 Å². The minimum absolute atomic E-state index is 0.0470. The zero-order valence-corrected chi connectivity index (χ0v) is 9.97. The van der Waals surface area contributed by atoms with Crippen LogP contribution in [0.4, 0.5) is 0 Å². The number of pyridine rings is 1. The van der Waals surface area contributed by atoms with Crippen LogP contribution in [0.5, 0.6) is 5.75 Å². The number of carbonyl (C=O) groups is 1. The third-order valence-electron chi connectivity index (χ3n) is 2.61. The van der Waals surface area contributed by atoms with Gasteiger partial charge in [-0.2, -0.15) is 0 Å². The van der Waals surface area contributed by atoms with E-state index in [-0.39, 0.29) is 11.6 Å². The number of aromatic carboxylic acids is 1. The minimum atomic E-state index is -0.977. The summed E-state index contributed by atoms with van der Waals surface area (Å²) in [4.78, 5) is 15.7. The molecule has 0 unspecified atom stereocenters. The van der Waals surface area contributed by atoms with Crippen LogP contribution >= 0.6 is 0 Å². The Kier molecular flexibility index (Phi) is 2.75. The molecule has 2 aromatic heterocycles. The van der Waals surface area contributed by atoms with E-state index in [2.05, 4.69) is 4.98 Å². The molecule has 0 fully saturated rings. The van der Waals surface area contributed by atoms with Gasteiger partial charge in [0.2, 0.25) is 0 Å². The van der Waals surface area contributed by atoms with Gasteiger partial charge in [-0.3, -0.25) is 4.40 Å². The van der Waals surface area contributed by atoms with Crippen molar-refractivity contribution in [3.63, 3.8) is 0 Å². The first-order valence-corrected chi connectivity index (χ1v) is 5.34. The van der Waals surface area contributed by atoms with Gasteiger partial charge >= 0.3 is 5.97 Å². The topological polar surface area (TPSA) is 63.8 Å². The van der Waals surface area contributed by atoms with E-state index in [1.54, 1.807) is 29.8 Å². The first-order valence-electron chi connectivity index (χ1n) is 5.34. The van der Waals surface area contributed by atoms with E-state index in [0.29, 0.717) is 17.1 Å². The van der Waals surface area contributed by atoms with Crippen LogP contribution in [-0.4, -0.2) is 27.6 Å². The SMILES string of the molecule is COc1cccn2c(C(=O)O)c(C(C)C)nc12. The maximum Gasteiger partial charge on any atom is 0.354 e. The summed E-state index contributed by atoms with van der Waals surface area (Å²) in [6, 6.07) is 3.50. The van der Waals surface area contributed by atoms with Crippen LogP contribution in [-0.2, 0) is 0 Å². The fourth-order valence-corrected chi connectivity index (χ4v) is 1.83. The number of hydrogen-bond acceptors (Lipinski definition) is 3. The van der Waals surface area contributed by atoms with Crippen LogP contribution in [0.25, 0.3) is 5.65 Å². The van der Waals surface area contributed by atoms with Crippen LogP contribution in [0.1, 0.15) is 35.9 Å². The first kappa shape index (κ1) is 11.4. The summed E-state index contributed by atoms with van der Waals surface area (Å²) in [5, 5.41) is 9.26. The van der Waals surface area contributed by atoms with Gasteiger partial charge in [0.25, 0.3) is 0 Å². The number of rotatable bonds is 3. The van der Waals surface area contributed by atoms with Crippen molar-refractivity contribution < 1.29 is 14.6 Å². The largest absolute Gasteiger partial charge is 0.493 e. The highest BCUT2D eigenvalue weighted by molar-refractivity contribution is 5.89. The third kappa shape index (κ3) is 1.73. The van der Waals surface area contributed by atoms with E-state index in [1.165, 1.54) is 0 Å². The fraction of sp³-hybridized carbons (Fsp3) is 0.333. The van der Waals surface area contributed by atoms with Gasteiger partial charge in [0.1, 0.15) is 0 Å². The second-order valence-electron chi connectivity index (χ2n) is 4.08. The second-order valence-corrected chi connectivity index (χ2v) is 4.08. The van der Waals surface area contributed by atoms with Crippen LogP contribution in [0, 0.1) is 0 Å². The molecule has 90 valence electrons. The summed E-state index contributed by atoms with van der Waals surface area (Å²) in [5.41, 5.74) is 1.31. The predicted octanol–water partition coefficient (Wildman–Crippen LogP) is 2.16. The Morgan fingerprint density at radius 2 is 2.24 bits per heavy atom. The Bertz CT molecular complexity index is 572. The van der Waals surface area contributed by atoms with Crippen LogP contribution in [0.3, 0.4) is 0 Å². The van der Waals surface area contributed by atoms with Crippen molar-refractivity contribution in [3.05, 3.63) is 29.7 Å². The first-order chi connectivity index (χ1) is 8.06. The number of methoxy groups -OCH3 is 1. The monoisotopic (exact) mass is 234 g/mol. The lowest BCUT2D eigenvalue weighted by molar-refractivity contribution is 0.0687. The average Bonchev–Trinajstić information content (AvgIpc) is 2.67. The summed E-state index contributed by atoms with van der Waals surface area (Å²) in [7, 11) is 1.54. The lowest BCUT2D eigenvalue weighted by Crippen LogP contribution is -2.06. The average molecular weight is 234 g/mol. The van der Waals surface area contributed by atoms with E-state index >= 15 is 0 Å². The van der Waals surface area contributed by atoms with Gasteiger partial charge in [0.15, 0.2) is 17.1 Å². The van der Waals surface area contributed by atoms with Gasteiger partial charge in [-0.15, -0.1) is 0 Å². The summed E-state index contributed by atoms with van der Waals surface area (Å²) < 4.78 is 6.73. The number of nitrogens with zero attached hydrogens (tertiary/aromatic N) is 2. The Hall–Kier alpha value is -2.04. The molecule has 1 N–H and O–H groups in total. The molecule has 0 spiro atoms. The molecule has 0 aliphatic carbocycles. The molecule has 17 heavy (non-hydrogen) atoms. The summed E-state index contributed by atoms with van der Waals surface area (Å²) in [5.74, 6) is -0.359.